The molecule has 40 heavy (non-hydrogen) atoms. The summed E-state index contributed by atoms with van der Waals surface area (Å²) in [7, 11) is 0. The number of carbonyl (C=O) groups is 1. The van der Waals surface area contributed by atoms with Crippen LogP contribution < -0.4 is 15.4 Å². The number of nitrogens with one attached hydrogen (secondary N) is 2. The minimum Gasteiger partial charge on any atom is -0.489 e. The monoisotopic (exact) mass is 552 g/mol. The fourth-order valence-electron chi connectivity index (χ4n) is 3.39. The van der Waals surface area contributed by atoms with E-state index in [1.807, 2.05) is 49.4 Å². The number of benzene rings is 2. The van der Waals surface area contributed by atoms with E-state index in [9.17, 15) is 4.79 Å². The maximum Gasteiger partial charge on any atom is 0.407 e. The van der Waals surface area contributed by atoms with Crippen molar-refractivity contribution in [2.24, 2.45) is 10.2 Å². The van der Waals surface area contributed by atoms with Crippen molar-refractivity contribution in [2.75, 3.05) is 52.7 Å². The highest BCUT2D eigenvalue weighted by Crippen LogP contribution is 2.30. The molecule has 2 rings (SSSR count). The van der Waals surface area contributed by atoms with Gasteiger partial charge < -0.3 is 29.6 Å². The molecule has 0 saturated heterocycles. The summed E-state index contributed by atoms with van der Waals surface area (Å²) in [5, 5.41) is 14.8. The summed E-state index contributed by atoms with van der Waals surface area (Å²) in [5.74, 6) is 6.39. The molecule has 2 N–H and O–H groups in total. The van der Waals surface area contributed by atoms with E-state index in [4.69, 9.17) is 18.9 Å². The number of amides is 1. The van der Waals surface area contributed by atoms with Crippen molar-refractivity contribution < 1.29 is 23.7 Å². The van der Waals surface area contributed by atoms with Gasteiger partial charge in [-0.2, -0.15) is 5.11 Å². The van der Waals surface area contributed by atoms with Gasteiger partial charge in [0.15, 0.2) is 0 Å². The maximum atomic E-state index is 11.7. The van der Waals surface area contributed by atoms with Gasteiger partial charge >= 0.3 is 6.09 Å². The van der Waals surface area contributed by atoms with Crippen LogP contribution in [0.2, 0.25) is 0 Å². The van der Waals surface area contributed by atoms with E-state index >= 15 is 0 Å². The lowest BCUT2D eigenvalue weighted by Gasteiger charge is -2.11. The Hall–Kier alpha value is -3.45. The van der Waals surface area contributed by atoms with E-state index < -0.39 is 6.09 Å². The van der Waals surface area contributed by atoms with E-state index in [0.717, 1.165) is 36.2 Å². The largest absolute Gasteiger partial charge is 0.489 e. The van der Waals surface area contributed by atoms with Crippen LogP contribution in [-0.4, -0.2) is 64.9 Å². The first-order valence-electron chi connectivity index (χ1n) is 14.0. The molecule has 0 spiro atoms. The SMILES string of the molecule is CCC#CCNC(=O)OCCc1ccc(N=Nc2cc(CC)ccc2OCCOCCOCCNC(C)C)cc1. The molecular weight excluding hydrogens is 508 g/mol. The number of aryl methyl sites for hydroxylation is 1. The summed E-state index contributed by atoms with van der Waals surface area (Å²) in [6.45, 7) is 12.3. The molecule has 0 fully saturated rings. The lowest BCUT2D eigenvalue weighted by molar-refractivity contribution is 0.0370. The van der Waals surface area contributed by atoms with Crippen LogP contribution in [0.1, 0.15) is 45.2 Å². The topological polar surface area (TPSA) is 103 Å². The average Bonchev–Trinajstić information content (AvgIpc) is 2.96. The van der Waals surface area contributed by atoms with E-state index in [1.165, 1.54) is 0 Å². The molecule has 0 radical (unpaired) electrons. The third-order valence-electron chi connectivity index (χ3n) is 5.54. The molecule has 9 nitrogen and oxygen atoms in total. The quantitative estimate of drug-likeness (QED) is 0.139. The second-order valence-electron chi connectivity index (χ2n) is 9.15. The van der Waals surface area contributed by atoms with Gasteiger partial charge in [-0.05, 0) is 41.8 Å². The summed E-state index contributed by atoms with van der Waals surface area (Å²) < 4.78 is 22.3. The van der Waals surface area contributed by atoms with Crippen LogP contribution in [0, 0.1) is 11.8 Å². The van der Waals surface area contributed by atoms with Gasteiger partial charge in [0, 0.05) is 25.4 Å². The number of rotatable bonds is 18. The molecule has 1 amide bonds. The number of azo groups is 1. The van der Waals surface area contributed by atoms with Gasteiger partial charge in [-0.25, -0.2) is 4.79 Å². The second-order valence-corrected chi connectivity index (χ2v) is 9.15. The van der Waals surface area contributed by atoms with Crippen molar-refractivity contribution >= 4 is 17.5 Å². The highest BCUT2D eigenvalue weighted by molar-refractivity contribution is 5.67. The van der Waals surface area contributed by atoms with Crippen LogP contribution in [0.5, 0.6) is 5.75 Å². The molecule has 0 heterocycles. The fourth-order valence-corrected chi connectivity index (χ4v) is 3.39. The first-order chi connectivity index (χ1) is 19.5. The zero-order valence-electron chi connectivity index (χ0n) is 24.3. The molecule has 0 aliphatic carbocycles. The molecule has 2 aromatic carbocycles. The summed E-state index contributed by atoms with van der Waals surface area (Å²) >= 11 is 0. The average molecular weight is 553 g/mol. The number of nitrogens with zero attached hydrogens (tertiary/aromatic N) is 2. The molecule has 0 saturated carbocycles. The number of ether oxygens (including phenoxy) is 4. The van der Waals surface area contributed by atoms with Crippen molar-refractivity contribution in [1.29, 1.82) is 0 Å². The standard InChI is InChI=1S/C31H44N4O5/c1-5-7-8-16-33-31(36)40-18-15-27-9-12-28(13-10-27)34-35-29-24-26(6-2)11-14-30(29)39-23-22-38-21-20-37-19-17-32-25(3)4/h9-14,24-25,32H,5-6,15-23H2,1-4H3,(H,33,36). The Kier molecular flexibility index (Phi) is 16.8. The Morgan fingerprint density at radius 3 is 2.33 bits per heavy atom. The van der Waals surface area contributed by atoms with Crippen molar-refractivity contribution in [3.05, 3.63) is 53.6 Å². The Morgan fingerprint density at radius 2 is 1.60 bits per heavy atom. The molecule has 2 aromatic rings. The molecule has 0 atom stereocenters. The molecule has 0 unspecified atom stereocenters. The van der Waals surface area contributed by atoms with Crippen LogP contribution in [0.25, 0.3) is 0 Å². The van der Waals surface area contributed by atoms with E-state index in [0.29, 0.717) is 63.5 Å². The van der Waals surface area contributed by atoms with Gasteiger partial charge in [-0.1, -0.05) is 51.8 Å². The predicted molar refractivity (Wildman–Crippen MR) is 158 cm³/mol. The molecule has 0 bridgehead atoms. The summed E-state index contributed by atoms with van der Waals surface area (Å²) in [6.07, 6.45) is 1.79. The minimum atomic E-state index is -0.464. The van der Waals surface area contributed by atoms with Crippen LogP contribution in [0.4, 0.5) is 16.2 Å². The summed E-state index contributed by atoms with van der Waals surface area (Å²) in [4.78, 5) is 11.7. The Morgan fingerprint density at radius 1 is 0.875 bits per heavy atom. The third-order valence-corrected chi connectivity index (χ3v) is 5.54. The molecule has 0 aromatic heterocycles. The zero-order valence-corrected chi connectivity index (χ0v) is 24.3. The fraction of sp³-hybridized carbons (Fsp3) is 0.516. The van der Waals surface area contributed by atoms with Gasteiger partial charge in [-0.15, -0.1) is 11.0 Å². The second kappa shape index (κ2) is 20.5. The van der Waals surface area contributed by atoms with Gasteiger partial charge in [0.25, 0.3) is 0 Å². The number of carbonyl (C=O) groups excluding carboxylic acids is 1. The molecule has 9 heteroatoms. The number of alkyl carbamates (subject to hydrolysis) is 1. The highest BCUT2D eigenvalue weighted by atomic mass is 16.6. The zero-order chi connectivity index (χ0) is 28.8. The van der Waals surface area contributed by atoms with Crippen LogP contribution in [0.15, 0.2) is 52.7 Å². The maximum absolute atomic E-state index is 11.7. The first kappa shape index (κ1) is 32.8. The normalized spacial score (nSPS) is 10.9. The van der Waals surface area contributed by atoms with Gasteiger partial charge in [0.1, 0.15) is 18.0 Å². The lowest BCUT2D eigenvalue weighted by atomic mass is 10.1. The predicted octanol–water partition coefficient (Wildman–Crippen LogP) is 5.76. The van der Waals surface area contributed by atoms with Crippen molar-refractivity contribution in [3.63, 3.8) is 0 Å². The Balaban J connectivity index is 1.77. The van der Waals surface area contributed by atoms with Crippen LogP contribution >= 0.6 is 0 Å². The van der Waals surface area contributed by atoms with Crippen LogP contribution in [0.3, 0.4) is 0 Å². The van der Waals surface area contributed by atoms with Crippen molar-refractivity contribution in [3.8, 4) is 17.6 Å². The highest BCUT2D eigenvalue weighted by Gasteiger charge is 2.06. The minimum absolute atomic E-state index is 0.283. The smallest absolute Gasteiger partial charge is 0.407 e. The third kappa shape index (κ3) is 14.6. The van der Waals surface area contributed by atoms with Gasteiger partial charge in [-0.3, -0.25) is 0 Å². The molecule has 0 aliphatic rings. The van der Waals surface area contributed by atoms with Gasteiger partial charge in [0.05, 0.1) is 45.3 Å². The molecular formula is C31H44N4O5. The lowest BCUT2D eigenvalue weighted by Crippen LogP contribution is -2.27. The molecule has 0 aliphatic heterocycles. The van der Waals surface area contributed by atoms with Crippen molar-refractivity contribution in [2.45, 2.75) is 53.0 Å². The van der Waals surface area contributed by atoms with Crippen LogP contribution in [-0.2, 0) is 27.1 Å². The summed E-state index contributed by atoms with van der Waals surface area (Å²) in [5.41, 5.74) is 3.58. The Labute approximate surface area is 239 Å². The number of hydrogen-bond donors (Lipinski definition) is 2. The molecule has 218 valence electrons. The summed E-state index contributed by atoms with van der Waals surface area (Å²) in [6, 6.07) is 14.1. The van der Waals surface area contributed by atoms with Crippen molar-refractivity contribution in [1.82, 2.24) is 10.6 Å². The van der Waals surface area contributed by atoms with E-state index in [-0.39, 0.29) is 6.61 Å². The number of hydrogen-bond acceptors (Lipinski definition) is 8. The van der Waals surface area contributed by atoms with E-state index in [2.05, 4.69) is 53.5 Å². The first-order valence-corrected chi connectivity index (χ1v) is 14.0. The Bertz CT molecular complexity index is 1080. The van der Waals surface area contributed by atoms with E-state index in [1.54, 1.807) is 0 Å². The van der Waals surface area contributed by atoms with Gasteiger partial charge in [0.2, 0.25) is 0 Å².